The Balaban J connectivity index is 1.37. The first-order chi connectivity index (χ1) is 15.2. The molecule has 0 aliphatic carbocycles. The highest BCUT2D eigenvalue weighted by Gasteiger charge is 2.28. The van der Waals surface area contributed by atoms with Gasteiger partial charge in [0.15, 0.2) is 11.0 Å². The van der Waals surface area contributed by atoms with E-state index in [9.17, 15) is 4.79 Å². The van der Waals surface area contributed by atoms with Crippen molar-refractivity contribution < 1.29 is 4.79 Å². The fourth-order valence-electron chi connectivity index (χ4n) is 3.77. The smallest absolute Gasteiger partial charge is 0.236 e. The van der Waals surface area contributed by atoms with Crippen molar-refractivity contribution in [3.63, 3.8) is 0 Å². The molecule has 0 fully saturated rings. The van der Waals surface area contributed by atoms with E-state index in [2.05, 4.69) is 44.4 Å². The zero-order valence-electron chi connectivity index (χ0n) is 17.1. The molecule has 0 bridgehead atoms. The summed E-state index contributed by atoms with van der Waals surface area (Å²) >= 11 is 4.94. The zero-order chi connectivity index (χ0) is 21.2. The van der Waals surface area contributed by atoms with Gasteiger partial charge in [-0.2, -0.15) is 0 Å². The van der Waals surface area contributed by atoms with Crippen LogP contribution < -0.4 is 0 Å². The predicted octanol–water partition coefficient (Wildman–Crippen LogP) is 5.18. The Morgan fingerprint density at radius 2 is 1.97 bits per heavy atom. The number of aromatic nitrogens is 3. The molecule has 0 spiro atoms. The van der Waals surface area contributed by atoms with Crippen LogP contribution >= 0.6 is 34.4 Å². The maximum absolute atomic E-state index is 13.2. The van der Waals surface area contributed by atoms with Crippen molar-refractivity contribution in [2.45, 2.75) is 36.8 Å². The lowest BCUT2D eigenvalue weighted by Gasteiger charge is -2.29. The van der Waals surface area contributed by atoms with Crippen LogP contribution in [0.15, 0.2) is 64.4 Å². The minimum atomic E-state index is -0.227. The lowest BCUT2D eigenvalue weighted by atomic mass is 10.1. The summed E-state index contributed by atoms with van der Waals surface area (Å²) in [6.45, 7) is 4.14. The van der Waals surface area contributed by atoms with Gasteiger partial charge in [0, 0.05) is 18.0 Å². The summed E-state index contributed by atoms with van der Waals surface area (Å²) in [5.74, 6) is 1.01. The van der Waals surface area contributed by atoms with Crippen molar-refractivity contribution in [1.29, 1.82) is 0 Å². The normalized spacial score (nSPS) is 14.4. The van der Waals surface area contributed by atoms with Crippen molar-refractivity contribution in [3.05, 3.63) is 75.3 Å². The second-order valence-corrected chi connectivity index (χ2v) is 10.8. The van der Waals surface area contributed by atoms with Gasteiger partial charge in [0.25, 0.3) is 0 Å². The van der Waals surface area contributed by atoms with Gasteiger partial charge in [0.05, 0.1) is 16.7 Å². The molecule has 1 amide bonds. The van der Waals surface area contributed by atoms with Crippen LogP contribution in [0.3, 0.4) is 0 Å². The molecule has 5 nitrogen and oxygen atoms in total. The Morgan fingerprint density at radius 1 is 1.10 bits per heavy atom. The SMILES string of the molecule is CC(Sc1nnc(-c2cccs2)n1Cc1ccccc1)C(=O)N1CCc2sccc2C1. The van der Waals surface area contributed by atoms with Gasteiger partial charge in [-0.05, 0) is 47.4 Å². The molecule has 5 rings (SSSR count). The summed E-state index contributed by atoms with van der Waals surface area (Å²) in [7, 11) is 0. The molecule has 0 saturated carbocycles. The molecule has 8 heteroatoms. The summed E-state index contributed by atoms with van der Waals surface area (Å²) in [5.41, 5.74) is 2.47. The Labute approximate surface area is 193 Å². The van der Waals surface area contributed by atoms with E-state index in [0.29, 0.717) is 13.1 Å². The molecule has 0 saturated heterocycles. The second-order valence-electron chi connectivity index (χ2n) is 7.49. The second kappa shape index (κ2) is 8.98. The standard InChI is InChI=1S/C23H22N4OS3/c1-16(22(28)26-11-9-19-18(15-26)10-13-30-19)31-23-25-24-21(20-8-5-12-29-20)27(23)14-17-6-3-2-4-7-17/h2-8,10,12-13,16H,9,11,14-15H2,1H3. The molecule has 4 heterocycles. The van der Waals surface area contributed by atoms with Crippen LogP contribution in [-0.2, 0) is 24.3 Å². The molecule has 3 aromatic heterocycles. The molecule has 0 N–H and O–H groups in total. The third-order valence-electron chi connectivity index (χ3n) is 5.39. The van der Waals surface area contributed by atoms with Crippen LogP contribution in [0.2, 0.25) is 0 Å². The number of thioether (sulfide) groups is 1. The Morgan fingerprint density at radius 3 is 2.77 bits per heavy atom. The van der Waals surface area contributed by atoms with E-state index < -0.39 is 0 Å². The molecule has 1 unspecified atom stereocenters. The average molecular weight is 467 g/mol. The van der Waals surface area contributed by atoms with E-state index in [1.807, 2.05) is 41.5 Å². The van der Waals surface area contributed by atoms with Crippen molar-refractivity contribution in [2.75, 3.05) is 6.54 Å². The van der Waals surface area contributed by atoms with E-state index in [0.717, 1.165) is 28.8 Å². The number of benzene rings is 1. The van der Waals surface area contributed by atoms with Crippen LogP contribution in [0.4, 0.5) is 0 Å². The molecular formula is C23H22N4OS3. The fourth-order valence-corrected chi connectivity index (χ4v) is 6.31. The predicted molar refractivity (Wildman–Crippen MR) is 128 cm³/mol. The molecule has 1 aliphatic rings. The highest BCUT2D eigenvalue weighted by molar-refractivity contribution is 8.00. The first-order valence-electron chi connectivity index (χ1n) is 10.2. The maximum atomic E-state index is 13.2. The van der Waals surface area contributed by atoms with Crippen LogP contribution in [0.1, 0.15) is 22.9 Å². The van der Waals surface area contributed by atoms with Crippen LogP contribution in [0, 0.1) is 0 Å². The van der Waals surface area contributed by atoms with Gasteiger partial charge in [-0.25, -0.2) is 0 Å². The number of hydrogen-bond donors (Lipinski definition) is 0. The van der Waals surface area contributed by atoms with Gasteiger partial charge in [-0.1, -0.05) is 48.2 Å². The Hall–Kier alpha value is -2.42. The van der Waals surface area contributed by atoms with Crippen molar-refractivity contribution >= 4 is 40.3 Å². The average Bonchev–Trinajstić information content (AvgIpc) is 3.55. The van der Waals surface area contributed by atoms with Crippen molar-refractivity contribution in [1.82, 2.24) is 19.7 Å². The third-order valence-corrected chi connectivity index (χ3v) is 8.35. The van der Waals surface area contributed by atoms with E-state index in [1.54, 1.807) is 22.7 Å². The molecule has 158 valence electrons. The van der Waals surface area contributed by atoms with Crippen LogP contribution in [0.25, 0.3) is 10.7 Å². The number of nitrogens with zero attached hydrogens (tertiary/aromatic N) is 4. The van der Waals surface area contributed by atoms with E-state index in [1.165, 1.54) is 27.8 Å². The minimum Gasteiger partial charge on any atom is -0.337 e. The molecule has 1 atom stereocenters. The first-order valence-corrected chi connectivity index (χ1v) is 12.8. The minimum absolute atomic E-state index is 0.161. The molecule has 31 heavy (non-hydrogen) atoms. The van der Waals surface area contributed by atoms with Gasteiger partial charge >= 0.3 is 0 Å². The van der Waals surface area contributed by atoms with Crippen LogP contribution in [-0.4, -0.2) is 37.4 Å². The number of carbonyl (C=O) groups is 1. The highest BCUT2D eigenvalue weighted by atomic mass is 32.2. The van der Waals surface area contributed by atoms with Crippen LogP contribution in [0.5, 0.6) is 0 Å². The third kappa shape index (κ3) is 4.33. The van der Waals surface area contributed by atoms with Gasteiger partial charge < -0.3 is 4.90 Å². The fraction of sp³-hybridized carbons (Fsp3) is 0.261. The number of carbonyl (C=O) groups excluding carboxylic acids is 1. The molecule has 1 aromatic carbocycles. The zero-order valence-corrected chi connectivity index (χ0v) is 19.6. The highest BCUT2D eigenvalue weighted by Crippen LogP contribution is 2.31. The lowest BCUT2D eigenvalue weighted by Crippen LogP contribution is -2.39. The number of fused-ring (bicyclic) bond motifs is 1. The summed E-state index contributed by atoms with van der Waals surface area (Å²) in [4.78, 5) is 17.7. The number of rotatable bonds is 6. The van der Waals surface area contributed by atoms with E-state index in [-0.39, 0.29) is 11.2 Å². The Kier molecular flexibility index (Phi) is 5.93. The first kappa shape index (κ1) is 20.5. The van der Waals surface area contributed by atoms with Crippen molar-refractivity contribution in [3.8, 4) is 10.7 Å². The van der Waals surface area contributed by atoms with Gasteiger partial charge in [-0.3, -0.25) is 9.36 Å². The monoisotopic (exact) mass is 466 g/mol. The van der Waals surface area contributed by atoms with E-state index in [4.69, 9.17) is 0 Å². The summed E-state index contributed by atoms with van der Waals surface area (Å²) in [6, 6.07) is 16.5. The lowest BCUT2D eigenvalue weighted by molar-refractivity contribution is -0.131. The van der Waals surface area contributed by atoms with Gasteiger partial charge in [-0.15, -0.1) is 32.9 Å². The number of thiophene rings is 2. The Bertz CT molecular complexity index is 1170. The van der Waals surface area contributed by atoms with Crippen molar-refractivity contribution in [2.24, 2.45) is 0 Å². The van der Waals surface area contributed by atoms with Gasteiger partial charge in [0.2, 0.25) is 5.91 Å². The molecule has 1 aliphatic heterocycles. The van der Waals surface area contributed by atoms with E-state index >= 15 is 0 Å². The largest absolute Gasteiger partial charge is 0.337 e. The summed E-state index contributed by atoms with van der Waals surface area (Å²) in [6.07, 6.45) is 0.947. The number of amides is 1. The maximum Gasteiger partial charge on any atom is 0.236 e. The topological polar surface area (TPSA) is 51.0 Å². The summed E-state index contributed by atoms with van der Waals surface area (Å²) in [5, 5.41) is 13.7. The molecule has 4 aromatic rings. The molecular weight excluding hydrogens is 444 g/mol. The van der Waals surface area contributed by atoms with Gasteiger partial charge in [0.1, 0.15) is 0 Å². The quantitative estimate of drug-likeness (QED) is 0.367. The summed E-state index contributed by atoms with van der Waals surface area (Å²) < 4.78 is 2.13. The molecule has 0 radical (unpaired) electrons. The number of hydrogen-bond acceptors (Lipinski definition) is 6.